The predicted octanol–water partition coefficient (Wildman–Crippen LogP) is 0.664. The molecule has 2 amide bonds. The van der Waals surface area contributed by atoms with Crippen LogP contribution in [0.3, 0.4) is 0 Å². The Morgan fingerprint density at radius 1 is 1.05 bits per heavy atom. The lowest BCUT2D eigenvalue weighted by molar-refractivity contribution is -0.154. The third-order valence-corrected chi connectivity index (χ3v) is 3.58. The van der Waals surface area contributed by atoms with Crippen LogP contribution in [0.4, 0.5) is 0 Å². The first-order valence-corrected chi connectivity index (χ1v) is 6.77. The largest absolute Gasteiger partial charge is 0.481 e. The Morgan fingerprint density at radius 2 is 1.68 bits per heavy atom. The van der Waals surface area contributed by atoms with Crippen LogP contribution in [0.25, 0.3) is 0 Å². The number of amides is 2. The Bertz CT molecular complexity index is 349. The number of nitrogens with one attached hydrogen (secondary N) is 2. The Kier molecular flexibility index (Phi) is 5.79. The molecular formula is C13H22N2O4. The molecule has 1 saturated carbocycles. The summed E-state index contributed by atoms with van der Waals surface area (Å²) in [7, 11) is 0. The molecule has 0 aromatic carbocycles. The second kappa shape index (κ2) is 7.11. The fourth-order valence-electron chi connectivity index (χ4n) is 2.50. The van der Waals surface area contributed by atoms with Crippen LogP contribution in [0.1, 0.15) is 45.4 Å². The molecular weight excluding hydrogens is 248 g/mol. The van der Waals surface area contributed by atoms with Crippen LogP contribution in [0.5, 0.6) is 0 Å². The molecule has 1 rings (SSSR count). The average Bonchev–Trinajstić information content (AvgIpc) is 2.38. The zero-order valence-electron chi connectivity index (χ0n) is 11.3. The summed E-state index contributed by atoms with van der Waals surface area (Å²) in [6.45, 7) is 2.21. The van der Waals surface area contributed by atoms with Gasteiger partial charge in [-0.3, -0.25) is 14.4 Å². The molecule has 6 nitrogen and oxygen atoms in total. The highest BCUT2D eigenvalue weighted by Gasteiger charge is 2.41. The highest BCUT2D eigenvalue weighted by Crippen LogP contribution is 2.39. The smallest absolute Gasteiger partial charge is 0.310 e. The monoisotopic (exact) mass is 270 g/mol. The van der Waals surface area contributed by atoms with E-state index in [9.17, 15) is 19.5 Å². The lowest BCUT2D eigenvalue weighted by Gasteiger charge is -2.32. The summed E-state index contributed by atoms with van der Waals surface area (Å²) in [5.41, 5.74) is -0.941. The number of carbonyl (C=O) groups is 3. The minimum absolute atomic E-state index is 0.0399. The van der Waals surface area contributed by atoms with Crippen molar-refractivity contribution in [2.75, 3.05) is 13.1 Å². The van der Waals surface area contributed by atoms with E-state index in [2.05, 4.69) is 10.6 Å². The maximum Gasteiger partial charge on any atom is 0.310 e. The first-order chi connectivity index (χ1) is 9.00. The number of likely N-dealkylation sites (N-methyl/N-ethyl adjacent to an activating group) is 1. The van der Waals surface area contributed by atoms with Gasteiger partial charge >= 0.3 is 5.97 Å². The maximum absolute atomic E-state index is 11.8. The lowest BCUT2D eigenvalue weighted by atomic mass is 9.71. The molecule has 108 valence electrons. The summed E-state index contributed by atoms with van der Waals surface area (Å²) in [5, 5.41) is 14.4. The van der Waals surface area contributed by atoms with Crippen LogP contribution < -0.4 is 10.6 Å². The van der Waals surface area contributed by atoms with Crippen LogP contribution in [-0.4, -0.2) is 36.0 Å². The number of carboxylic acid groups (broad SMARTS) is 1. The quantitative estimate of drug-likeness (QED) is 0.661. The molecule has 1 aliphatic rings. The second-order valence-corrected chi connectivity index (χ2v) is 5.05. The van der Waals surface area contributed by atoms with Gasteiger partial charge < -0.3 is 15.7 Å². The molecule has 0 spiro atoms. The van der Waals surface area contributed by atoms with Gasteiger partial charge in [-0.2, -0.15) is 0 Å². The number of hydrogen-bond donors (Lipinski definition) is 3. The highest BCUT2D eigenvalue weighted by atomic mass is 16.4. The SMILES string of the molecule is CCNC(=O)CNC(=O)CC1(C(=O)O)CCCCC1. The van der Waals surface area contributed by atoms with Gasteiger partial charge in [0.05, 0.1) is 12.0 Å². The van der Waals surface area contributed by atoms with Crippen molar-refractivity contribution in [3.63, 3.8) is 0 Å². The van der Waals surface area contributed by atoms with Crippen molar-refractivity contribution in [1.82, 2.24) is 10.6 Å². The molecule has 3 N–H and O–H groups in total. The van der Waals surface area contributed by atoms with Gasteiger partial charge in [-0.1, -0.05) is 19.3 Å². The van der Waals surface area contributed by atoms with Crippen molar-refractivity contribution < 1.29 is 19.5 Å². The van der Waals surface area contributed by atoms with E-state index in [1.165, 1.54) is 0 Å². The van der Waals surface area contributed by atoms with Crippen LogP contribution in [0.2, 0.25) is 0 Å². The van der Waals surface area contributed by atoms with Gasteiger partial charge in [0.25, 0.3) is 0 Å². The zero-order chi connectivity index (χ0) is 14.3. The molecule has 6 heteroatoms. The van der Waals surface area contributed by atoms with Gasteiger partial charge in [0.15, 0.2) is 0 Å². The van der Waals surface area contributed by atoms with Gasteiger partial charge in [0, 0.05) is 13.0 Å². The average molecular weight is 270 g/mol. The first-order valence-electron chi connectivity index (χ1n) is 6.77. The zero-order valence-corrected chi connectivity index (χ0v) is 11.3. The van der Waals surface area contributed by atoms with Gasteiger partial charge in [-0.05, 0) is 19.8 Å². The van der Waals surface area contributed by atoms with E-state index in [-0.39, 0.29) is 24.8 Å². The molecule has 1 fully saturated rings. The van der Waals surface area contributed by atoms with E-state index in [1.807, 2.05) is 0 Å². The van der Waals surface area contributed by atoms with E-state index < -0.39 is 11.4 Å². The van der Waals surface area contributed by atoms with Crippen molar-refractivity contribution in [3.8, 4) is 0 Å². The number of rotatable bonds is 6. The third kappa shape index (κ3) is 4.54. The highest BCUT2D eigenvalue weighted by molar-refractivity contribution is 5.88. The maximum atomic E-state index is 11.8. The molecule has 0 heterocycles. The van der Waals surface area contributed by atoms with Crippen LogP contribution in [0, 0.1) is 5.41 Å². The van der Waals surface area contributed by atoms with Crippen molar-refractivity contribution in [2.24, 2.45) is 5.41 Å². The number of hydrogen-bond acceptors (Lipinski definition) is 3. The van der Waals surface area contributed by atoms with Crippen molar-refractivity contribution in [3.05, 3.63) is 0 Å². The summed E-state index contributed by atoms with van der Waals surface area (Å²) >= 11 is 0. The van der Waals surface area contributed by atoms with Crippen molar-refractivity contribution in [1.29, 1.82) is 0 Å². The molecule has 0 aromatic heterocycles. The summed E-state index contributed by atoms with van der Waals surface area (Å²) in [6, 6.07) is 0. The Hall–Kier alpha value is -1.59. The molecule has 0 unspecified atom stereocenters. The molecule has 0 bridgehead atoms. The van der Waals surface area contributed by atoms with E-state index >= 15 is 0 Å². The molecule has 1 aliphatic carbocycles. The van der Waals surface area contributed by atoms with E-state index in [1.54, 1.807) is 6.92 Å². The fraction of sp³-hybridized carbons (Fsp3) is 0.769. The van der Waals surface area contributed by atoms with Crippen molar-refractivity contribution in [2.45, 2.75) is 45.4 Å². The summed E-state index contributed by atoms with van der Waals surface area (Å²) in [5.74, 6) is -1.53. The predicted molar refractivity (Wildman–Crippen MR) is 69.5 cm³/mol. The number of aliphatic carboxylic acids is 1. The minimum atomic E-state index is -0.941. The lowest BCUT2D eigenvalue weighted by Crippen LogP contribution is -2.42. The van der Waals surface area contributed by atoms with Gasteiger partial charge in [0.1, 0.15) is 0 Å². The first kappa shape index (κ1) is 15.5. The number of carbonyl (C=O) groups excluding carboxylic acids is 2. The molecule has 0 aromatic rings. The molecule has 0 aliphatic heterocycles. The van der Waals surface area contributed by atoms with Crippen molar-refractivity contribution >= 4 is 17.8 Å². The summed E-state index contributed by atoms with van der Waals surface area (Å²) < 4.78 is 0. The van der Waals surface area contributed by atoms with E-state index in [0.717, 1.165) is 19.3 Å². The Labute approximate surface area is 112 Å². The molecule has 0 atom stereocenters. The normalized spacial score (nSPS) is 17.5. The summed E-state index contributed by atoms with van der Waals surface area (Å²) in [4.78, 5) is 34.4. The minimum Gasteiger partial charge on any atom is -0.481 e. The topological polar surface area (TPSA) is 95.5 Å². The van der Waals surface area contributed by atoms with Crippen LogP contribution in [0.15, 0.2) is 0 Å². The summed E-state index contributed by atoms with van der Waals surface area (Å²) in [6.07, 6.45) is 3.75. The molecule has 0 radical (unpaired) electrons. The van der Waals surface area contributed by atoms with Gasteiger partial charge in [-0.15, -0.1) is 0 Å². The number of carboxylic acids is 1. The fourth-order valence-corrected chi connectivity index (χ4v) is 2.50. The second-order valence-electron chi connectivity index (χ2n) is 5.05. The molecule has 0 saturated heterocycles. The van der Waals surface area contributed by atoms with Crippen LogP contribution >= 0.6 is 0 Å². The standard InChI is InChI=1S/C13H22N2O4/c1-2-14-11(17)9-15-10(16)8-13(12(18)19)6-4-3-5-7-13/h2-9H2,1H3,(H,14,17)(H,15,16)(H,18,19). The van der Waals surface area contributed by atoms with Gasteiger partial charge in [0.2, 0.25) is 11.8 Å². The third-order valence-electron chi connectivity index (χ3n) is 3.58. The van der Waals surface area contributed by atoms with E-state index in [4.69, 9.17) is 0 Å². The Balaban J connectivity index is 2.48. The van der Waals surface area contributed by atoms with Crippen LogP contribution in [-0.2, 0) is 14.4 Å². The van der Waals surface area contributed by atoms with E-state index in [0.29, 0.717) is 19.4 Å². The molecule has 19 heavy (non-hydrogen) atoms. The van der Waals surface area contributed by atoms with Gasteiger partial charge in [-0.25, -0.2) is 0 Å². The Morgan fingerprint density at radius 3 is 2.21 bits per heavy atom.